The van der Waals surface area contributed by atoms with Crippen molar-refractivity contribution < 1.29 is 17.9 Å². The highest BCUT2D eigenvalue weighted by Crippen LogP contribution is 2.25. The van der Waals surface area contributed by atoms with Gasteiger partial charge in [-0.15, -0.1) is 0 Å². The molecule has 2 aromatic rings. The van der Waals surface area contributed by atoms with Crippen LogP contribution in [-0.2, 0) is 15.8 Å². The first kappa shape index (κ1) is 16.1. The summed E-state index contributed by atoms with van der Waals surface area (Å²) in [5.74, 6) is -0.292. The largest absolute Gasteiger partial charge is 0.364 e. The second-order valence-corrected chi connectivity index (χ2v) is 6.82. The van der Waals surface area contributed by atoms with Gasteiger partial charge in [-0.25, -0.2) is 8.42 Å². The van der Waals surface area contributed by atoms with Crippen LogP contribution in [0.25, 0.3) is 0 Å². The average Bonchev–Trinajstić information content (AvgIpc) is 2.98. The van der Waals surface area contributed by atoms with Crippen molar-refractivity contribution >= 4 is 15.7 Å². The molecule has 22 heavy (non-hydrogen) atoms. The number of aromatic nitrogens is 1. The molecule has 118 valence electrons. The predicted molar refractivity (Wildman–Crippen MR) is 78.4 cm³/mol. The molecule has 0 spiro atoms. The molecule has 9 heteroatoms. The van der Waals surface area contributed by atoms with E-state index in [9.17, 15) is 18.5 Å². The van der Waals surface area contributed by atoms with Gasteiger partial charge >= 0.3 is 0 Å². The lowest BCUT2D eigenvalue weighted by atomic mass is 10.1. The summed E-state index contributed by atoms with van der Waals surface area (Å²) in [5.41, 5.74) is 0.769. The molecule has 1 atom stereocenters. The van der Waals surface area contributed by atoms with Crippen molar-refractivity contribution in [2.24, 2.45) is 0 Å². The third-order valence-electron chi connectivity index (χ3n) is 3.37. The zero-order chi connectivity index (χ0) is 16.3. The number of non-ortho nitro benzene ring substituents is 1. The van der Waals surface area contributed by atoms with Gasteiger partial charge in [0.15, 0.2) is 0 Å². The summed E-state index contributed by atoms with van der Waals surface area (Å²) in [6.07, 6.45) is 1.30. The Morgan fingerprint density at radius 1 is 1.41 bits per heavy atom. The fraction of sp³-hybridized carbons (Fsp3) is 0.308. The normalized spacial score (nSPS) is 13.2. The summed E-state index contributed by atoms with van der Waals surface area (Å²) in [6.45, 7) is 1.67. The van der Waals surface area contributed by atoms with Crippen LogP contribution in [0.3, 0.4) is 0 Å². The third-order valence-corrected chi connectivity index (χ3v) is 5.22. The van der Waals surface area contributed by atoms with Gasteiger partial charge in [0.1, 0.15) is 12.0 Å². The molecule has 0 aliphatic heterocycles. The van der Waals surface area contributed by atoms with Crippen molar-refractivity contribution in [3.8, 4) is 0 Å². The van der Waals surface area contributed by atoms with E-state index in [0.29, 0.717) is 11.3 Å². The maximum Gasteiger partial charge on any atom is 0.269 e. The monoisotopic (exact) mass is 325 g/mol. The number of nitro groups is 1. The summed E-state index contributed by atoms with van der Waals surface area (Å²) in [6, 6.07) is 6.84. The number of hydrogen-bond acceptors (Lipinski definition) is 6. The van der Waals surface area contributed by atoms with Gasteiger partial charge in [-0.2, -0.15) is 4.31 Å². The highest BCUT2D eigenvalue weighted by atomic mass is 32.2. The Balaban J connectivity index is 2.22. The van der Waals surface area contributed by atoms with E-state index in [2.05, 4.69) is 9.68 Å². The van der Waals surface area contributed by atoms with Crippen LogP contribution in [-0.4, -0.2) is 29.9 Å². The second-order valence-electron chi connectivity index (χ2n) is 4.79. The molecule has 0 aliphatic carbocycles. The summed E-state index contributed by atoms with van der Waals surface area (Å²) in [7, 11) is -2.19. The number of sulfonamides is 1. The minimum absolute atomic E-state index is 0.0772. The molecule has 1 heterocycles. The molecular formula is C13H15N3O5S. The van der Waals surface area contributed by atoms with Gasteiger partial charge in [-0.05, 0) is 12.5 Å². The van der Waals surface area contributed by atoms with Crippen molar-refractivity contribution in [2.75, 3.05) is 7.05 Å². The maximum absolute atomic E-state index is 12.3. The number of nitro benzene ring substituents is 1. The van der Waals surface area contributed by atoms with Crippen LogP contribution < -0.4 is 0 Å². The molecule has 0 radical (unpaired) electrons. The molecule has 0 unspecified atom stereocenters. The highest BCUT2D eigenvalue weighted by Gasteiger charge is 2.26. The lowest BCUT2D eigenvalue weighted by Crippen LogP contribution is -2.31. The summed E-state index contributed by atoms with van der Waals surface area (Å²) in [4.78, 5) is 10.3. The standard InChI is InChI=1S/C13H15N3O5S/c1-10(11-4-3-5-13(8-11)16(17)18)15(2)22(19,20)9-12-6-7-21-14-12/h3-8,10H,9H2,1-2H3/t10-/m0/s1. The Hall–Kier alpha value is -2.26. The van der Waals surface area contributed by atoms with Gasteiger partial charge in [0.25, 0.3) is 5.69 Å². The van der Waals surface area contributed by atoms with Crippen molar-refractivity contribution in [3.63, 3.8) is 0 Å². The summed E-state index contributed by atoms with van der Waals surface area (Å²) >= 11 is 0. The van der Waals surface area contributed by atoms with E-state index in [1.165, 1.54) is 41.9 Å². The molecule has 0 N–H and O–H groups in total. The van der Waals surface area contributed by atoms with Crippen LogP contribution in [0.2, 0.25) is 0 Å². The smallest absolute Gasteiger partial charge is 0.269 e. The molecule has 1 aromatic carbocycles. The van der Waals surface area contributed by atoms with E-state index in [4.69, 9.17) is 0 Å². The second kappa shape index (κ2) is 6.24. The topological polar surface area (TPSA) is 107 Å². The van der Waals surface area contributed by atoms with Crippen LogP contribution >= 0.6 is 0 Å². The summed E-state index contributed by atoms with van der Waals surface area (Å²) in [5, 5.41) is 14.4. The molecule has 0 saturated heterocycles. The van der Waals surface area contributed by atoms with Gasteiger partial charge in [0, 0.05) is 31.3 Å². The van der Waals surface area contributed by atoms with Crippen LogP contribution in [0, 0.1) is 10.1 Å². The zero-order valence-corrected chi connectivity index (χ0v) is 12.9. The Bertz CT molecular complexity index is 758. The lowest BCUT2D eigenvalue weighted by molar-refractivity contribution is -0.384. The number of hydrogen-bond donors (Lipinski definition) is 0. The average molecular weight is 325 g/mol. The van der Waals surface area contributed by atoms with E-state index < -0.39 is 21.0 Å². The van der Waals surface area contributed by atoms with E-state index in [0.717, 1.165) is 0 Å². The van der Waals surface area contributed by atoms with Crippen LogP contribution in [0.4, 0.5) is 5.69 Å². The predicted octanol–water partition coefficient (Wildman–Crippen LogP) is 2.11. The SMILES string of the molecule is C[C@@H](c1cccc([N+](=O)[O-])c1)N(C)S(=O)(=O)Cc1ccon1. The molecular weight excluding hydrogens is 310 g/mol. The Kier molecular flexibility index (Phi) is 4.57. The number of nitrogens with zero attached hydrogens (tertiary/aromatic N) is 3. The number of rotatable bonds is 6. The molecule has 0 saturated carbocycles. The molecule has 0 fully saturated rings. The van der Waals surface area contributed by atoms with Crippen LogP contribution in [0.5, 0.6) is 0 Å². The molecule has 0 aliphatic rings. The zero-order valence-electron chi connectivity index (χ0n) is 12.0. The summed E-state index contributed by atoms with van der Waals surface area (Å²) < 4.78 is 30.5. The Morgan fingerprint density at radius 3 is 2.73 bits per heavy atom. The minimum atomic E-state index is -3.62. The van der Waals surface area contributed by atoms with E-state index in [-0.39, 0.29) is 11.4 Å². The van der Waals surface area contributed by atoms with Crippen molar-refractivity contribution in [1.29, 1.82) is 0 Å². The van der Waals surface area contributed by atoms with Crippen molar-refractivity contribution in [2.45, 2.75) is 18.7 Å². The maximum atomic E-state index is 12.3. The Labute approximate surface area is 127 Å². The van der Waals surface area contributed by atoms with E-state index >= 15 is 0 Å². The fourth-order valence-corrected chi connectivity index (χ4v) is 3.28. The fourth-order valence-electron chi connectivity index (χ4n) is 1.95. The van der Waals surface area contributed by atoms with Gasteiger partial charge in [0.05, 0.1) is 10.6 Å². The first-order chi connectivity index (χ1) is 10.3. The van der Waals surface area contributed by atoms with Gasteiger partial charge in [-0.1, -0.05) is 17.3 Å². The first-order valence-electron chi connectivity index (χ1n) is 6.40. The Morgan fingerprint density at radius 2 is 2.14 bits per heavy atom. The highest BCUT2D eigenvalue weighted by molar-refractivity contribution is 7.88. The van der Waals surface area contributed by atoms with Gasteiger partial charge in [0.2, 0.25) is 10.0 Å². The molecule has 8 nitrogen and oxygen atoms in total. The first-order valence-corrected chi connectivity index (χ1v) is 8.01. The van der Waals surface area contributed by atoms with Crippen molar-refractivity contribution in [1.82, 2.24) is 9.46 Å². The van der Waals surface area contributed by atoms with E-state index in [1.807, 2.05) is 0 Å². The third kappa shape index (κ3) is 3.49. The van der Waals surface area contributed by atoms with Crippen molar-refractivity contribution in [3.05, 3.63) is 58.0 Å². The number of benzene rings is 1. The van der Waals surface area contributed by atoms with Gasteiger partial charge in [-0.3, -0.25) is 10.1 Å². The van der Waals surface area contributed by atoms with E-state index in [1.54, 1.807) is 13.0 Å². The molecule has 0 amide bonds. The van der Waals surface area contributed by atoms with Gasteiger partial charge < -0.3 is 4.52 Å². The van der Waals surface area contributed by atoms with Crippen LogP contribution in [0.1, 0.15) is 24.2 Å². The minimum Gasteiger partial charge on any atom is -0.364 e. The quantitative estimate of drug-likeness (QED) is 0.594. The molecule has 2 rings (SSSR count). The molecule has 0 bridgehead atoms. The lowest BCUT2D eigenvalue weighted by Gasteiger charge is -2.24. The molecule has 1 aromatic heterocycles. The van der Waals surface area contributed by atoms with Crippen LogP contribution in [0.15, 0.2) is 41.1 Å².